The Morgan fingerprint density at radius 1 is 1.10 bits per heavy atom. The van der Waals surface area contributed by atoms with Crippen molar-refractivity contribution in [3.05, 3.63) is 59.4 Å². The lowest BCUT2D eigenvalue weighted by molar-refractivity contribution is -0.190. The fraction of sp³-hybridized carbons (Fsp3) is 0.391. The van der Waals surface area contributed by atoms with Gasteiger partial charge < -0.3 is 10.2 Å². The number of hydrogen-bond acceptors (Lipinski definition) is 2. The Bertz CT molecular complexity index is 1010. The fourth-order valence-electron chi connectivity index (χ4n) is 4.03. The molecule has 1 saturated carbocycles. The number of amides is 2. The molecule has 2 aromatic carbocycles. The number of alkyl halides is 3. The summed E-state index contributed by atoms with van der Waals surface area (Å²) in [6, 6.07) is 10.5. The summed E-state index contributed by atoms with van der Waals surface area (Å²) in [6.07, 6.45) is -3.70. The number of aryl methyl sites for hydroxylation is 1. The summed E-state index contributed by atoms with van der Waals surface area (Å²) in [4.78, 5) is 26.6. The standard InChI is InChI=1S/C23H22F4N2O2/c1-14(20(30)28-18-7-5-17(24)6-8-18)15-4-9-19-16(13-15)3-2-12-29(19)21(31)22(10-11-22)23(25,26)27/h4-9,13-14H,2-3,10-12H2,1H3,(H,28,30). The highest BCUT2D eigenvalue weighted by Gasteiger charge is 2.69. The van der Waals surface area contributed by atoms with Crippen LogP contribution in [-0.4, -0.2) is 24.5 Å². The number of carbonyl (C=O) groups is 2. The van der Waals surface area contributed by atoms with Crippen LogP contribution in [-0.2, 0) is 16.0 Å². The largest absolute Gasteiger partial charge is 0.403 e. The molecule has 4 nitrogen and oxygen atoms in total. The number of benzene rings is 2. The number of nitrogens with zero attached hydrogens (tertiary/aromatic N) is 1. The van der Waals surface area contributed by atoms with Crippen molar-refractivity contribution in [2.24, 2.45) is 5.41 Å². The minimum absolute atomic E-state index is 0.167. The molecule has 1 unspecified atom stereocenters. The molecule has 2 aromatic rings. The Morgan fingerprint density at radius 3 is 2.39 bits per heavy atom. The highest BCUT2D eigenvalue weighted by Crippen LogP contribution is 2.59. The molecule has 1 atom stereocenters. The molecule has 0 spiro atoms. The van der Waals surface area contributed by atoms with Gasteiger partial charge in [-0.05, 0) is 74.1 Å². The Balaban J connectivity index is 1.53. The van der Waals surface area contributed by atoms with Crippen LogP contribution >= 0.6 is 0 Å². The van der Waals surface area contributed by atoms with Crippen LogP contribution in [0.5, 0.6) is 0 Å². The second kappa shape index (κ2) is 7.66. The van der Waals surface area contributed by atoms with Gasteiger partial charge in [-0.25, -0.2) is 4.39 Å². The zero-order chi connectivity index (χ0) is 22.4. The Labute approximate surface area is 177 Å². The maximum Gasteiger partial charge on any atom is 0.403 e. The number of rotatable bonds is 4. The van der Waals surface area contributed by atoms with Crippen molar-refractivity contribution in [3.63, 3.8) is 0 Å². The molecule has 1 aliphatic carbocycles. The molecule has 0 saturated heterocycles. The van der Waals surface area contributed by atoms with E-state index in [1.807, 2.05) is 0 Å². The lowest BCUT2D eigenvalue weighted by Crippen LogP contribution is -2.46. The summed E-state index contributed by atoms with van der Waals surface area (Å²) in [5, 5.41) is 2.72. The summed E-state index contributed by atoms with van der Waals surface area (Å²) >= 11 is 0. The number of carbonyl (C=O) groups excluding carboxylic acids is 2. The van der Waals surface area contributed by atoms with Crippen LogP contribution < -0.4 is 10.2 Å². The number of halogens is 4. The van der Waals surface area contributed by atoms with E-state index >= 15 is 0 Å². The van der Waals surface area contributed by atoms with Gasteiger partial charge in [-0.3, -0.25) is 9.59 Å². The van der Waals surface area contributed by atoms with E-state index < -0.39 is 29.2 Å². The van der Waals surface area contributed by atoms with E-state index in [1.54, 1.807) is 25.1 Å². The number of anilines is 2. The van der Waals surface area contributed by atoms with E-state index in [2.05, 4.69) is 5.32 Å². The first-order valence-corrected chi connectivity index (χ1v) is 10.2. The van der Waals surface area contributed by atoms with Gasteiger partial charge in [0, 0.05) is 17.9 Å². The van der Waals surface area contributed by atoms with E-state index in [0.29, 0.717) is 29.8 Å². The van der Waals surface area contributed by atoms with Crippen molar-refractivity contribution in [2.75, 3.05) is 16.8 Å². The Morgan fingerprint density at radius 2 is 1.77 bits per heavy atom. The third-order valence-corrected chi connectivity index (χ3v) is 6.17. The summed E-state index contributed by atoms with van der Waals surface area (Å²) < 4.78 is 53.3. The van der Waals surface area contributed by atoms with Gasteiger partial charge in [0.05, 0.1) is 5.92 Å². The second-order valence-electron chi connectivity index (χ2n) is 8.25. The number of fused-ring (bicyclic) bond motifs is 1. The van der Waals surface area contributed by atoms with Crippen molar-refractivity contribution in [2.45, 2.75) is 44.7 Å². The molecule has 0 aromatic heterocycles. The van der Waals surface area contributed by atoms with Crippen molar-refractivity contribution in [1.82, 2.24) is 0 Å². The van der Waals surface area contributed by atoms with Gasteiger partial charge in [0.25, 0.3) is 0 Å². The monoisotopic (exact) mass is 434 g/mol. The highest BCUT2D eigenvalue weighted by atomic mass is 19.4. The first kappa shape index (κ1) is 21.3. The normalized spacial score (nSPS) is 18.2. The third kappa shape index (κ3) is 3.91. The Hall–Kier alpha value is -2.90. The molecule has 164 valence electrons. The number of hydrogen-bond donors (Lipinski definition) is 1. The van der Waals surface area contributed by atoms with E-state index in [1.165, 1.54) is 29.2 Å². The van der Waals surface area contributed by atoms with Gasteiger partial charge >= 0.3 is 6.18 Å². The summed E-state index contributed by atoms with van der Waals surface area (Å²) in [6.45, 7) is 1.97. The van der Waals surface area contributed by atoms with Gasteiger partial charge in [-0.15, -0.1) is 0 Å². The Kier molecular flexibility index (Phi) is 5.27. The average Bonchev–Trinajstić information content (AvgIpc) is 3.55. The summed E-state index contributed by atoms with van der Waals surface area (Å²) in [5.74, 6) is -2.11. The SMILES string of the molecule is CC(C(=O)Nc1ccc(F)cc1)c1ccc2c(c1)CCCN2C(=O)C1(C(F)(F)F)CC1. The molecule has 8 heteroatoms. The zero-order valence-electron chi connectivity index (χ0n) is 16.9. The van der Waals surface area contributed by atoms with Crippen molar-refractivity contribution >= 4 is 23.2 Å². The molecule has 1 heterocycles. The lowest BCUT2D eigenvalue weighted by atomic mass is 9.92. The second-order valence-corrected chi connectivity index (χ2v) is 8.25. The van der Waals surface area contributed by atoms with Gasteiger partial charge in [-0.1, -0.05) is 12.1 Å². The fourth-order valence-corrected chi connectivity index (χ4v) is 4.03. The molecule has 2 aliphatic rings. The smallest absolute Gasteiger partial charge is 0.326 e. The molecule has 1 N–H and O–H groups in total. The van der Waals surface area contributed by atoms with Crippen molar-refractivity contribution < 1.29 is 27.2 Å². The molecule has 0 radical (unpaired) electrons. The van der Waals surface area contributed by atoms with E-state index in [9.17, 15) is 27.2 Å². The maximum atomic E-state index is 13.4. The molecule has 4 rings (SSSR count). The third-order valence-electron chi connectivity index (χ3n) is 6.17. The molecule has 0 bridgehead atoms. The predicted octanol–water partition coefficient (Wildman–Crippen LogP) is 5.19. The molecule has 1 fully saturated rings. The topological polar surface area (TPSA) is 49.4 Å². The van der Waals surface area contributed by atoms with Crippen molar-refractivity contribution in [1.29, 1.82) is 0 Å². The van der Waals surface area contributed by atoms with Crippen LogP contribution in [0.2, 0.25) is 0 Å². The van der Waals surface area contributed by atoms with Gasteiger partial charge in [0.15, 0.2) is 0 Å². The summed E-state index contributed by atoms with van der Waals surface area (Å²) in [5.41, 5.74) is 0.167. The van der Waals surface area contributed by atoms with Crippen LogP contribution in [0.25, 0.3) is 0 Å². The van der Waals surface area contributed by atoms with Crippen LogP contribution in [0.4, 0.5) is 28.9 Å². The van der Waals surface area contributed by atoms with Gasteiger partial charge in [0.1, 0.15) is 11.2 Å². The predicted molar refractivity (Wildman–Crippen MR) is 108 cm³/mol. The quantitative estimate of drug-likeness (QED) is 0.674. The molecular formula is C23H22F4N2O2. The summed E-state index contributed by atoms with van der Waals surface area (Å²) in [7, 11) is 0. The van der Waals surface area contributed by atoms with Crippen LogP contribution in [0.15, 0.2) is 42.5 Å². The van der Waals surface area contributed by atoms with Gasteiger partial charge in [0.2, 0.25) is 11.8 Å². The molecule has 2 amide bonds. The highest BCUT2D eigenvalue weighted by molar-refractivity contribution is 6.01. The number of nitrogens with one attached hydrogen (secondary N) is 1. The van der Waals surface area contributed by atoms with Crippen LogP contribution in [0.3, 0.4) is 0 Å². The van der Waals surface area contributed by atoms with Crippen LogP contribution in [0, 0.1) is 11.2 Å². The first-order valence-electron chi connectivity index (χ1n) is 10.2. The lowest BCUT2D eigenvalue weighted by Gasteiger charge is -2.33. The average molecular weight is 434 g/mol. The maximum absolute atomic E-state index is 13.4. The van der Waals surface area contributed by atoms with E-state index in [-0.39, 0.29) is 25.3 Å². The zero-order valence-corrected chi connectivity index (χ0v) is 16.9. The van der Waals surface area contributed by atoms with E-state index in [4.69, 9.17) is 0 Å². The first-order chi connectivity index (χ1) is 14.6. The van der Waals surface area contributed by atoms with Crippen LogP contribution in [0.1, 0.15) is 43.2 Å². The van der Waals surface area contributed by atoms with E-state index in [0.717, 1.165) is 5.56 Å². The van der Waals surface area contributed by atoms with Crippen molar-refractivity contribution in [3.8, 4) is 0 Å². The minimum atomic E-state index is -4.55. The molecule has 31 heavy (non-hydrogen) atoms. The molecular weight excluding hydrogens is 412 g/mol. The minimum Gasteiger partial charge on any atom is -0.326 e. The van der Waals surface area contributed by atoms with Gasteiger partial charge in [-0.2, -0.15) is 13.2 Å². The molecule has 1 aliphatic heterocycles.